The van der Waals surface area contributed by atoms with Crippen molar-refractivity contribution in [1.29, 1.82) is 0 Å². The number of aliphatic hydroxyl groups is 1. The first kappa shape index (κ1) is 25.3. The van der Waals surface area contributed by atoms with Crippen LogP contribution in [0.25, 0.3) is 6.08 Å². The van der Waals surface area contributed by atoms with Gasteiger partial charge in [-0.2, -0.15) is 13.2 Å². The van der Waals surface area contributed by atoms with Crippen molar-refractivity contribution in [3.8, 4) is 5.75 Å². The number of rotatable bonds is 7. The molecule has 2 rings (SSSR count). The summed E-state index contributed by atoms with van der Waals surface area (Å²) in [6.07, 6.45) is 4.84. The van der Waals surface area contributed by atoms with Gasteiger partial charge in [-0.15, -0.1) is 5.73 Å². The summed E-state index contributed by atoms with van der Waals surface area (Å²) in [5.41, 5.74) is 2.54. The standard InChI is InChI=1S/C26H35F3O2/c1-6-9-18(2)10-7-8-11-21-17-24(31-5)23(16-20(21)4)25(30,26(27,28)29)22-14-12-19(3)13-15-22/h7,10-11,16-17,19,22,30H,6,9,12-15H2,1-5H3/b18-10+. The van der Waals surface area contributed by atoms with E-state index in [2.05, 4.69) is 19.6 Å². The monoisotopic (exact) mass is 436 g/mol. The largest absolute Gasteiger partial charge is 0.496 e. The molecule has 5 heteroatoms. The number of methoxy groups -OCH3 is 1. The van der Waals surface area contributed by atoms with Crippen LogP contribution in [0.1, 0.15) is 76.0 Å². The molecule has 0 amide bonds. The van der Waals surface area contributed by atoms with Crippen molar-refractivity contribution < 1.29 is 23.0 Å². The van der Waals surface area contributed by atoms with Crippen molar-refractivity contribution in [2.75, 3.05) is 7.11 Å². The molecule has 1 atom stereocenters. The molecule has 0 saturated heterocycles. The number of hydrogen-bond donors (Lipinski definition) is 1. The predicted octanol–water partition coefficient (Wildman–Crippen LogP) is 7.49. The fourth-order valence-corrected chi connectivity index (χ4v) is 4.41. The van der Waals surface area contributed by atoms with E-state index in [-0.39, 0.29) is 11.3 Å². The van der Waals surface area contributed by atoms with Gasteiger partial charge in [0.25, 0.3) is 0 Å². The summed E-state index contributed by atoms with van der Waals surface area (Å²) in [5, 5.41) is 11.1. The summed E-state index contributed by atoms with van der Waals surface area (Å²) in [6.45, 7) is 7.95. The van der Waals surface area contributed by atoms with Gasteiger partial charge in [0.05, 0.1) is 7.11 Å². The van der Waals surface area contributed by atoms with Crippen molar-refractivity contribution in [3.05, 3.63) is 52.3 Å². The van der Waals surface area contributed by atoms with Crippen molar-refractivity contribution in [3.63, 3.8) is 0 Å². The highest BCUT2D eigenvalue weighted by Crippen LogP contribution is 2.52. The molecule has 1 saturated carbocycles. The predicted molar refractivity (Wildman–Crippen MR) is 120 cm³/mol. The maximum Gasteiger partial charge on any atom is 0.421 e. The normalized spacial score (nSPS) is 21.8. The zero-order valence-electron chi connectivity index (χ0n) is 19.3. The van der Waals surface area contributed by atoms with Gasteiger partial charge in [0.2, 0.25) is 0 Å². The summed E-state index contributed by atoms with van der Waals surface area (Å²) in [4.78, 5) is 0. The number of alkyl halides is 3. The number of allylic oxidation sites excluding steroid dienone is 3. The van der Waals surface area contributed by atoms with Crippen LogP contribution in [-0.2, 0) is 5.60 Å². The Balaban J connectivity index is 2.49. The fraction of sp³-hybridized carbons (Fsp3) is 0.577. The fourth-order valence-electron chi connectivity index (χ4n) is 4.41. The van der Waals surface area contributed by atoms with E-state index in [0.717, 1.165) is 12.8 Å². The third kappa shape index (κ3) is 5.84. The van der Waals surface area contributed by atoms with Crippen LogP contribution >= 0.6 is 0 Å². The summed E-state index contributed by atoms with van der Waals surface area (Å²) < 4.78 is 48.2. The van der Waals surface area contributed by atoms with Crippen molar-refractivity contribution in [2.24, 2.45) is 11.8 Å². The van der Waals surface area contributed by atoms with Crippen LogP contribution < -0.4 is 4.74 Å². The van der Waals surface area contributed by atoms with Gasteiger partial charge in [-0.25, -0.2) is 0 Å². The first-order valence-electron chi connectivity index (χ1n) is 11.1. The van der Waals surface area contributed by atoms with Crippen molar-refractivity contribution in [1.82, 2.24) is 0 Å². The molecule has 0 radical (unpaired) electrons. The van der Waals surface area contributed by atoms with Crippen LogP contribution in [-0.4, -0.2) is 18.4 Å². The lowest BCUT2D eigenvalue weighted by Gasteiger charge is -2.41. The Morgan fingerprint density at radius 2 is 1.87 bits per heavy atom. The zero-order valence-corrected chi connectivity index (χ0v) is 19.3. The quantitative estimate of drug-likeness (QED) is 0.354. The smallest absolute Gasteiger partial charge is 0.421 e. The Morgan fingerprint density at radius 3 is 2.42 bits per heavy atom. The van der Waals surface area contributed by atoms with Crippen molar-refractivity contribution in [2.45, 2.75) is 78.0 Å². The molecule has 1 aromatic carbocycles. The highest BCUT2D eigenvalue weighted by Gasteiger charge is 2.60. The van der Waals surface area contributed by atoms with Gasteiger partial charge < -0.3 is 9.84 Å². The maximum atomic E-state index is 14.3. The molecule has 2 nitrogen and oxygen atoms in total. The van der Waals surface area contributed by atoms with E-state index in [9.17, 15) is 18.3 Å². The molecule has 0 heterocycles. The average molecular weight is 437 g/mol. The highest BCUT2D eigenvalue weighted by atomic mass is 19.4. The maximum absolute atomic E-state index is 14.3. The number of benzene rings is 1. The molecule has 0 aromatic heterocycles. The molecule has 1 fully saturated rings. The average Bonchev–Trinajstić information content (AvgIpc) is 2.71. The summed E-state index contributed by atoms with van der Waals surface area (Å²) in [6, 6.07) is 2.99. The minimum absolute atomic E-state index is 0.0507. The first-order chi connectivity index (χ1) is 14.5. The molecule has 172 valence electrons. The van der Waals surface area contributed by atoms with Crippen LogP contribution in [0.2, 0.25) is 0 Å². The second-order valence-corrected chi connectivity index (χ2v) is 8.87. The highest BCUT2D eigenvalue weighted by molar-refractivity contribution is 5.59. The number of ether oxygens (including phenoxy) is 1. The lowest BCUT2D eigenvalue weighted by Crippen LogP contribution is -2.49. The minimum atomic E-state index is -4.79. The Hall–Kier alpha value is -1.97. The molecule has 0 aliphatic heterocycles. The summed E-state index contributed by atoms with van der Waals surface area (Å²) >= 11 is 0. The van der Waals surface area contributed by atoms with Crippen LogP contribution in [0.15, 0.2) is 35.6 Å². The SMILES string of the molecule is CCC/C(C)=C/C=C=Cc1cc(OC)c(C(O)(C2CCC(C)CC2)C(F)(F)F)cc1C. The van der Waals surface area contributed by atoms with Crippen LogP contribution in [0.3, 0.4) is 0 Å². The molecule has 0 spiro atoms. The second kappa shape index (κ2) is 10.6. The van der Waals surface area contributed by atoms with E-state index < -0.39 is 17.7 Å². The molecule has 31 heavy (non-hydrogen) atoms. The van der Waals surface area contributed by atoms with Gasteiger partial charge in [-0.05, 0) is 74.4 Å². The van der Waals surface area contributed by atoms with Gasteiger partial charge >= 0.3 is 6.18 Å². The van der Waals surface area contributed by atoms with E-state index in [4.69, 9.17) is 4.74 Å². The topological polar surface area (TPSA) is 29.5 Å². The third-order valence-corrected chi connectivity index (χ3v) is 6.38. The van der Waals surface area contributed by atoms with E-state index in [1.54, 1.807) is 25.1 Å². The Morgan fingerprint density at radius 1 is 1.23 bits per heavy atom. The molecule has 0 bridgehead atoms. The lowest BCUT2D eigenvalue weighted by molar-refractivity contribution is -0.291. The minimum Gasteiger partial charge on any atom is -0.496 e. The molecule has 1 aliphatic rings. The van der Waals surface area contributed by atoms with Gasteiger partial charge in [0.15, 0.2) is 5.60 Å². The van der Waals surface area contributed by atoms with E-state index in [1.807, 2.05) is 13.0 Å². The van der Waals surface area contributed by atoms with Gasteiger partial charge in [0.1, 0.15) is 5.75 Å². The second-order valence-electron chi connectivity index (χ2n) is 8.87. The lowest BCUT2D eigenvalue weighted by atomic mass is 9.70. The molecular weight excluding hydrogens is 401 g/mol. The first-order valence-corrected chi connectivity index (χ1v) is 11.1. The third-order valence-electron chi connectivity index (χ3n) is 6.38. The number of hydrogen-bond acceptors (Lipinski definition) is 2. The molecular formula is C26H35F3O2. The number of aryl methyl sites for hydroxylation is 1. The molecule has 1 unspecified atom stereocenters. The summed E-state index contributed by atoms with van der Waals surface area (Å²) in [7, 11) is 1.34. The van der Waals surface area contributed by atoms with Crippen LogP contribution in [0.5, 0.6) is 5.75 Å². The van der Waals surface area contributed by atoms with Crippen LogP contribution in [0.4, 0.5) is 13.2 Å². The molecule has 1 aromatic rings. The molecule has 1 N–H and O–H groups in total. The van der Waals surface area contributed by atoms with Gasteiger partial charge in [0, 0.05) is 11.5 Å². The number of halogens is 3. The van der Waals surface area contributed by atoms with Crippen LogP contribution in [0, 0.1) is 18.8 Å². The van der Waals surface area contributed by atoms with E-state index in [0.29, 0.717) is 42.7 Å². The Kier molecular flexibility index (Phi) is 8.62. The van der Waals surface area contributed by atoms with E-state index >= 15 is 0 Å². The zero-order chi connectivity index (χ0) is 23.2. The van der Waals surface area contributed by atoms with Gasteiger partial charge in [-0.3, -0.25) is 0 Å². The summed E-state index contributed by atoms with van der Waals surface area (Å²) in [5.74, 6) is -0.452. The van der Waals surface area contributed by atoms with Gasteiger partial charge in [-0.1, -0.05) is 44.8 Å². The Bertz CT molecular complexity index is 839. The van der Waals surface area contributed by atoms with E-state index in [1.165, 1.54) is 18.7 Å². The van der Waals surface area contributed by atoms with Crippen molar-refractivity contribution >= 4 is 6.08 Å². The Labute approximate surface area is 184 Å². The molecule has 1 aliphatic carbocycles.